The summed E-state index contributed by atoms with van der Waals surface area (Å²) in [6.45, 7) is 0.596. The molecule has 2 aromatic heterocycles. The standard InChI is InChI=1S/C27H25N3O5S/c1-33-23-12-17(13-24(34-2)26(23)35-3)25(31)21-7-4-8-22-20(21)9-11-29(22)27(32)18-15-30(36-16-18)19-6-5-10-28-14-19/h4-14,18H,15-16H2,1-3H3. The molecule has 3 heterocycles. The minimum atomic E-state index is -0.204. The molecule has 0 aliphatic carbocycles. The van der Waals surface area contributed by atoms with Crippen LogP contribution < -0.4 is 18.5 Å². The maximum Gasteiger partial charge on any atom is 0.236 e. The van der Waals surface area contributed by atoms with Gasteiger partial charge in [0.15, 0.2) is 17.3 Å². The highest BCUT2D eigenvalue weighted by atomic mass is 32.2. The Labute approximate surface area is 212 Å². The first-order valence-electron chi connectivity index (χ1n) is 11.3. The Bertz CT molecular complexity index is 1410. The van der Waals surface area contributed by atoms with Gasteiger partial charge in [-0.15, -0.1) is 0 Å². The molecule has 0 spiro atoms. The van der Waals surface area contributed by atoms with Crippen LogP contribution in [0.3, 0.4) is 0 Å². The van der Waals surface area contributed by atoms with E-state index in [2.05, 4.69) is 9.29 Å². The van der Waals surface area contributed by atoms with E-state index in [1.54, 1.807) is 59.4 Å². The van der Waals surface area contributed by atoms with Gasteiger partial charge in [0.05, 0.1) is 44.6 Å². The predicted molar refractivity (Wildman–Crippen MR) is 140 cm³/mol. The van der Waals surface area contributed by atoms with E-state index in [0.29, 0.717) is 51.6 Å². The molecule has 2 aromatic carbocycles. The maximum absolute atomic E-state index is 13.6. The molecule has 8 nitrogen and oxygen atoms in total. The topological polar surface area (TPSA) is 82.9 Å². The Kier molecular flexibility index (Phi) is 6.56. The first kappa shape index (κ1) is 23.7. The Hall–Kier alpha value is -3.98. The van der Waals surface area contributed by atoms with Crippen LogP contribution in [0.25, 0.3) is 10.9 Å². The van der Waals surface area contributed by atoms with Crippen molar-refractivity contribution >= 4 is 40.2 Å². The van der Waals surface area contributed by atoms with E-state index < -0.39 is 0 Å². The second-order valence-electron chi connectivity index (χ2n) is 8.27. The SMILES string of the molecule is COc1cc(C(=O)c2cccc3c2ccn3C(=O)C2CSN(c3cccnc3)C2)cc(OC)c1OC. The highest BCUT2D eigenvalue weighted by Crippen LogP contribution is 2.39. The summed E-state index contributed by atoms with van der Waals surface area (Å²) in [7, 11) is 4.53. The Morgan fingerprint density at radius 1 is 1.00 bits per heavy atom. The zero-order chi connectivity index (χ0) is 25.2. The molecule has 1 unspecified atom stereocenters. The van der Waals surface area contributed by atoms with Crippen LogP contribution in [-0.2, 0) is 0 Å². The zero-order valence-corrected chi connectivity index (χ0v) is 21.0. The van der Waals surface area contributed by atoms with Crippen molar-refractivity contribution in [3.05, 3.63) is 78.2 Å². The van der Waals surface area contributed by atoms with Crippen LogP contribution in [0.5, 0.6) is 17.2 Å². The molecule has 1 aliphatic rings. The van der Waals surface area contributed by atoms with Crippen molar-refractivity contribution in [3.8, 4) is 17.2 Å². The number of ketones is 1. The van der Waals surface area contributed by atoms with Gasteiger partial charge in [0.2, 0.25) is 11.7 Å². The van der Waals surface area contributed by atoms with E-state index in [4.69, 9.17) is 14.2 Å². The van der Waals surface area contributed by atoms with Crippen molar-refractivity contribution in [2.24, 2.45) is 5.92 Å². The molecule has 0 bridgehead atoms. The maximum atomic E-state index is 13.6. The van der Waals surface area contributed by atoms with E-state index in [-0.39, 0.29) is 17.6 Å². The third-order valence-corrected chi connectivity index (χ3v) is 7.47. The molecule has 184 valence electrons. The van der Waals surface area contributed by atoms with E-state index in [1.807, 2.05) is 24.3 Å². The normalized spacial score (nSPS) is 15.2. The lowest BCUT2D eigenvalue weighted by atomic mass is 9.99. The molecule has 9 heteroatoms. The second-order valence-corrected chi connectivity index (χ2v) is 9.30. The van der Waals surface area contributed by atoms with Crippen LogP contribution >= 0.6 is 11.9 Å². The second kappa shape index (κ2) is 9.94. The molecule has 36 heavy (non-hydrogen) atoms. The first-order chi connectivity index (χ1) is 17.5. The van der Waals surface area contributed by atoms with Crippen LogP contribution in [0.1, 0.15) is 20.7 Å². The van der Waals surface area contributed by atoms with Crippen molar-refractivity contribution in [2.75, 3.05) is 37.9 Å². The molecule has 0 amide bonds. The molecular formula is C27H25N3O5S. The van der Waals surface area contributed by atoms with Gasteiger partial charge in [-0.2, -0.15) is 0 Å². The quantitative estimate of drug-likeness (QED) is 0.265. The molecule has 1 saturated heterocycles. The Balaban J connectivity index is 1.45. The van der Waals surface area contributed by atoms with Crippen molar-refractivity contribution in [3.63, 3.8) is 0 Å². The summed E-state index contributed by atoms with van der Waals surface area (Å²) < 4.78 is 19.9. The first-order valence-corrected chi connectivity index (χ1v) is 12.3. The molecule has 0 saturated carbocycles. The number of methoxy groups -OCH3 is 3. The van der Waals surface area contributed by atoms with Crippen LogP contribution in [-0.4, -0.2) is 54.9 Å². The molecule has 0 N–H and O–H groups in total. The number of benzene rings is 2. The summed E-state index contributed by atoms with van der Waals surface area (Å²) in [6, 6.07) is 14.4. The fourth-order valence-corrected chi connectivity index (χ4v) is 5.59. The van der Waals surface area contributed by atoms with Gasteiger partial charge in [0.1, 0.15) is 0 Å². The summed E-state index contributed by atoms with van der Waals surface area (Å²) in [4.78, 5) is 31.2. The number of fused-ring (bicyclic) bond motifs is 1. The van der Waals surface area contributed by atoms with Gasteiger partial charge >= 0.3 is 0 Å². The van der Waals surface area contributed by atoms with Gasteiger partial charge in [0.25, 0.3) is 0 Å². The number of aromatic nitrogens is 2. The molecular weight excluding hydrogens is 478 g/mol. The fraction of sp³-hybridized carbons (Fsp3) is 0.222. The number of pyridine rings is 1. The van der Waals surface area contributed by atoms with Crippen LogP contribution in [0.15, 0.2) is 67.1 Å². The van der Waals surface area contributed by atoms with Crippen LogP contribution in [0.4, 0.5) is 5.69 Å². The number of carbonyl (C=O) groups excluding carboxylic acids is 2. The van der Waals surface area contributed by atoms with Gasteiger partial charge in [0, 0.05) is 41.2 Å². The Morgan fingerprint density at radius 2 is 1.78 bits per heavy atom. The van der Waals surface area contributed by atoms with Gasteiger partial charge in [-0.1, -0.05) is 12.1 Å². The lowest BCUT2D eigenvalue weighted by molar-refractivity contribution is 0.0861. The van der Waals surface area contributed by atoms with E-state index in [9.17, 15) is 9.59 Å². The van der Waals surface area contributed by atoms with Crippen molar-refractivity contribution in [2.45, 2.75) is 0 Å². The molecule has 0 radical (unpaired) electrons. The van der Waals surface area contributed by atoms with Gasteiger partial charge < -0.3 is 18.5 Å². The predicted octanol–water partition coefficient (Wildman–Crippen LogP) is 4.72. The van der Waals surface area contributed by atoms with Crippen molar-refractivity contribution in [1.29, 1.82) is 0 Å². The average Bonchev–Trinajstić information content (AvgIpc) is 3.60. The summed E-state index contributed by atoms with van der Waals surface area (Å²) in [6.07, 6.45) is 5.28. The Morgan fingerprint density at radius 3 is 2.44 bits per heavy atom. The molecule has 1 aliphatic heterocycles. The smallest absolute Gasteiger partial charge is 0.236 e. The van der Waals surface area contributed by atoms with E-state index in [1.165, 1.54) is 21.3 Å². The molecule has 1 atom stereocenters. The van der Waals surface area contributed by atoms with E-state index in [0.717, 1.165) is 5.69 Å². The van der Waals surface area contributed by atoms with Crippen molar-refractivity contribution < 1.29 is 23.8 Å². The largest absolute Gasteiger partial charge is 0.493 e. The number of hydrogen-bond acceptors (Lipinski definition) is 8. The number of carbonyl (C=O) groups is 2. The number of ether oxygens (including phenoxy) is 3. The summed E-state index contributed by atoms with van der Waals surface area (Å²) >= 11 is 1.62. The summed E-state index contributed by atoms with van der Waals surface area (Å²) in [5.74, 6) is 1.51. The van der Waals surface area contributed by atoms with Crippen LogP contribution in [0.2, 0.25) is 0 Å². The summed E-state index contributed by atoms with van der Waals surface area (Å²) in [5, 5.41) is 0.708. The molecule has 4 aromatic rings. The molecule has 1 fully saturated rings. The lowest BCUT2D eigenvalue weighted by Crippen LogP contribution is -2.26. The zero-order valence-electron chi connectivity index (χ0n) is 20.1. The van der Waals surface area contributed by atoms with E-state index >= 15 is 0 Å². The minimum absolute atomic E-state index is 0.00118. The third kappa shape index (κ3) is 4.15. The van der Waals surface area contributed by atoms with Gasteiger partial charge in [-0.05, 0) is 48.3 Å². The van der Waals surface area contributed by atoms with Gasteiger partial charge in [-0.25, -0.2) is 0 Å². The van der Waals surface area contributed by atoms with Crippen molar-refractivity contribution in [1.82, 2.24) is 9.55 Å². The molecule has 5 rings (SSSR count). The van der Waals surface area contributed by atoms with Gasteiger partial charge in [-0.3, -0.25) is 19.1 Å². The lowest BCUT2D eigenvalue weighted by Gasteiger charge is -2.16. The number of rotatable bonds is 7. The minimum Gasteiger partial charge on any atom is -0.493 e. The number of hydrogen-bond donors (Lipinski definition) is 0. The van der Waals surface area contributed by atoms with Crippen LogP contribution in [0, 0.1) is 5.92 Å². The average molecular weight is 504 g/mol. The highest BCUT2D eigenvalue weighted by molar-refractivity contribution is 8.00. The number of nitrogens with zero attached hydrogens (tertiary/aromatic N) is 3. The highest BCUT2D eigenvalue weighted by Gasteiger charge is 2.31. The third-order valence-electron chi connectivity index (χ3n) is 6.24. The number of anilines is 1. The fourth-order valence-electron chi connectivity index (χ4n) is 4.44. The monoisotopic (exact) mass is 503 g/mol. The summed E-state index contributed by atoms with van der Waals surface area (Å²) in [5.41, 5.74) is 2.57.